The Morgan fingerprint density at radius 2 is 2.35 bits per heavy atom. The molecule has 0 aliphatic heterocycles. The van der Waals surface area contributed by atoms with Gasteiger partial charge in [-0.3, -0.25) is 0 Å². The molecule has 1 aromatic carbocycles. The van der Waals surface area contributed by atoms with Gasteiger partial charge in [-0.15, -0.1) is 11.3 Å². The van der Waals surface area contributed by atoms with E-state index >= 15 is 0 Å². The number of nitrogens with zero attached hydrogens (tertiary/aromatic N) is 1. The van der Waals surface area contributed by atoms with Crippen LogP contribution in [0.4, 0.5) is 0 Å². The number of benzene rings is 1. The minimum absolute atomic E-state index is 0.0795. The first-order chi connectivity index (χ1) is 8.09. The average Bonchev–Trinajstić information content (AvgIpc) is 2.84. The summed E-state index contributed by atoms with van der Waals surface area (Å²) in [7, 11) is 0. The van der Waals surface area contributed by atoms with Gasteiger partial charge in [-0.1, -0.05) is 29.3 Å². The largest absolute Gasteiger partial charge is 0.327 e. The third-order valence-corrected chi connectivity index (χ3v) is 5.68. The lowest BCUT2D eigenvalue weighted by Gasteiger charge is -2.26. The quantitative estimate of drug-likeness (QED) is 0.869. The molecule has 2 nitrogen and oxygen atoms in total. The van der Waals surface area contributed by atoms with Crippen LogP contribution in [0.3, 0.4) is 0 Å². The highest BCUT2D eigenvalue weighted by atomic mass is 79.9. The number of nitrogens with two attached hydrogens (primary N) is 1. The van der Waals surface area contributed by atoms with Crippen molar-refractivity contribution in [2.45, 2.75) is 37.6 Å². The van der Waals surface area contributed by atoms with Gasteiger partial charge in [-0.25, -0.2) is 4.98 Å². The van der Waals surface area contributed by atoms with Crippen LogP contribution in [0.2, 0.25) is 0 Å². The fourth-order valence-electron chi connectivity index (χ4n) is 2.60. The molecule has 3 rings (SSSR count). The minimum Gasteiger partial charge on any atom is -0.327 e. The van der Waals surface area contributed by atoms with E-state index in [1.807, 2.05) is 0 Å². The lowest BCUT2D eigenvalue weighted by molar-refractivity contribution is 0.428. The molecule has 2 N–H and O–H groups in total. The normalized spacial score (nSPS) is 29.0. The molecule has 1 aromatic heterocycles. The van der Waals surface area contributed by atoms with Crippen LogP contribution in [0.25, 0.3) is 10.2 Å². The van der Waals surface area contributed by atoms with Crippen molar-refractivity contribution in [2.75, 3.05) is 0 Å². The van der Waals surface area contributed by atoms with Gasteiger partial charge < -0.3 is 5.73 Å². The van der Waals surface area contributed by atoms with Crippen molar-refractivity contribution >= 4 is 37.5 Å². The van der Waals surface area contributed by atoms with Gasteiger partial charge in [-0.05, 0) is 31.0 Å². The Hall–Kier alpha value is -0.450. The number of aromatic nitrogens is 1. The zero-order valence-electron chi connectivity index (χ0n) is 9.74. The SMILES string of the molecule is CC1(c2nc3cc(Br)ccc3s2)CCCC1N. The van der Waals surface area contributed by atoms with E-state index in [1.54, 1.807) is 11.3 Å². The van der Waals surface area contributed by atoms with Crippen LogP contribution < -0.4 is 5.73 Å². The molecule has 0 radical (unpaired) electrons. The first-order valence-electron chi connectivity index (χ1n) is 5.92. The van der Waals surface area contributed by atoms with Gasteiger partial charge in [0.15, 0.2) is 0 Å². The molecule has 2 aromatic rings. The minimum atomic E-state index is 0.0795. The highest BCUT2D eigenvalue weighted by Gasteiger charge is 2.40. The fourth-order valence-corrected chi connectivity index (χ4v) is 4.14. The van der Waals surface area contributed by atoms with Crippen molar-refractivity contribution < 1.29 is 0 Å². The Kier molecular flexibility index (Phi) is 2.76. The summed E-state index contributed by atoms with van der Waals surface area (Å²) in [4.78, 5) is 4.79. The van der Waals surface area contributed by atoms with Gasteiger partial charge in [0.05, 0.1) is 10.2 Å². The van der Waals surface area contributed by atoms with Crippen molar-refractivity contribution in [3.8, 4) is 0 Å². The average molecular weight is 311 g/mol. The third kappa shape index (κ3) is 1.83. The van der Waals surface area contributed by atoms with Crippen LogP contribution in [0.1, 0.15) is 31.2 Å². The van der Waals surface area contributed by atoms with Gasteiger partial charge in [0.1, 0.15) is 5.01 Å². The van der Waals surface area contributed by atoms with Gasteiger partial charge >= 0.3 is 0 Å². The second-order valence-electron chi connectivity index (χ2n) is 5.05. The maximum Gasteiger partial charge on any atom is 0.101 e. The standard InChI is InChI=1S/C13H15BrN2S/c1-13(6-2-3-11(13)15)12-16-9-7-8(14)4-5-10(9)17-12/h4-5,7,11H,2-3,6,15H2,1H3. The highest BCUT2D eigenvalue weighted by Crippen LogP contribution is 2.42. The van der Waals surface area contributed by atoms with Crippen molar-refractivity contribution in [1.29, 1.82) is 0 Å². The number of rotatable bonds is 1. The van der Waals surface area contributed by atoms with Gasteiger partial charge in [0.25, 0.3) is 0 Å². The Morgan fingerprint density at radius 1 is 1.53 bits per heavy atom. The summed E-state index contributed by atoms with van der Waals surface area (Å²) in [6.45, 7) is 2.26. The molecule has 0 spiro atoms. The fraction of sp³-hybridized carbons (Fsp3) is 0.462. The maximum atomic E-state index is 6.25. The van der Waals surface area contributed by atoms with Crippen LogP contribution in [-0.2, 0) is 5.41 Å². The van der Waals surface area contributed by atoms with Gasteiger partial charge in [0.2, 0.25) is 0 Å². The molecule has 17 heavy (non-hydrogen) atoms. The van der Waals surface area contributed by atoms with E-state index in [0.717, 1.165) is 22.8 Å². The van der Waals surface area contributed by atoms with Crippen molar-refractivity contribution in [3.63, 3.8) is 0 Å². The number of thiazole rings is 1. The van der Waals surface area contributed by atoms with Crippen LogP contribution in [0, 0.1) is 0 Å². The van der Waals surface area contributed by atoms with E-state index in [2.05, 4.69) is 41.1 Å². The van der Waals surface area contributed by atoms with E-state index in [9.17, 15) is 0 Å². The van der Waals surface area contributed by atoms with E-state index in [0.29, 0.717) is 0 Å². The molecule has 0 amide bonds. The van der Waals surface area contributed by atoms with Crippen molar-refractivity contribution in [3.05, 3.63) is 27.7 Å². The zero-order valence-corrected chi connectivity index (χ0v) is 12.1. The molecule has 1 heterocycles. The molecule has 0 saturated heterocycles. The summed E-state index contributed by atoms with van der Waals surface area (Å²) in [5.41, 5.74) is 7.42. The van der Waals surface area contributed by atoms with E-state index in [4.69, 9.17) is 10.7 Å². The molecule has 2 unspecified atom stereocenters. The van der Waals surface area contributed by atoms with Crippen LogP contribution in [0.5, 0.6) is 0 Å². The van der Waals surface area contributed by atoms with Gasteiger partial charge in [-0.2, -0.15) is 0 Å². The molecular formula is C13H15BrN2S. The second-order valence-corrected chi connectivity index (χ2v) is 6.99. The van der Waals surface area contributed by atoms with E-state index in [-0.39, 0.29) is 11.5 Å². The Morgan fingerprint density at radius 3 is 3.06 bits per heavy atom. The predicted molar refractivity (Wildman–Crippen MR) is 76.5 cm³/mol. The molecule has 1 fully saturated rings. The summed E-state index contributed by atoms with van der Waals surface area (Å²) < 4.78 is 2.34. The van der Waals surface area contributed by atoms with Crippen LogP contribution in [0.15, 0.2) is 22.7 Å². The predicted octanol–water partition coefficient (Wildman–Crippen LogP) is 3.83. The molecule has 2 atom stereocenters. The van der Waals surface area contributed by atoms with Crippen molar-refractivity contribution in [1.82, 2.24) is 4.98 Å². The Balaban J connectivity index is 2.12. The highest BCUT2D eigenvalue weighted by molar-refractivity contribution is 9.10. The lowest BCUT2D eigenvalue weighted by atomic mass is 9.86. The first-order valence-corrected chi connectivity index (χ1v) is 7.53. The summed E-state index contributed by atoms with van der Waals surface area (Å²) in [6.07, 6.45) is 3.50. The topological polar surface area (TPSA) is 38.9 Å². The first kappa shape index (κ1) is 11.6. The zero-order chi connectivity index (χ0) is 12.0. The summed E-state index contributed by atoms with van der Waals surface area (Å²) in [5, 5.41) is 1.20. The maximum absolute atomic E-state index is 6.25. The smallest absolute Gasteiger partial charge is 0.101 e. The summed E-state index contributed by atoms with van der Waals surface area (Å²) >= 11 is 5.28. The van der Waals surface area contributed by atoms with E-state index in [1.165, 1.54) is 16.1 Å². The number of hydrogen-bond acceptors (Lipinski definition) is 3. The molecule has 1 aliphatic rings. The molecule has 90 valence electrons. The number of hydrogen-bond donors (Lipinski definition) is 1. The Bertz CT molecular complexity index is 566. The van der Waals surface area contributed by atoms with Crippen molar-refractivity contribution in [2.24, 2.45) is 5.73 Å². The lowest BCUT2D eigenvalue weighted by Crippen LogP contribution is -2.38. The van der Waals surface area contributed by atoms with Gasteiger partial charge in [0, 0.05) is 15.9 Å². The molecule has 1 aliphatic carbocycles. The third-order valence-electron chi connectivity index (χ3n) is 3.87. The number of fused-ring (bicyclic) bond motifs is 1. The van der Waals surface area contributed by atoms with Crippen LogP contribution in [-0.4, -0.2) is 11.0 Å². The number of halogens is 1. The Labute approximate surface area is 113 Å². The van der Waals surface area contributed by atoms with Crippen LogP contribution >= 0.6 is 27.3 Å². The molecule has 1 saturated carbocycles. The molecule has 4 heteroatoms. The summed E-state index contributed by atoms with van der Waals surface area (Å²) in [5.74, 6) is 0. The molecular weight excluding hydrogens is 296 g/mol. The van der Waals surface area contributed by atoms with E-state index < -0.39 is 0 Å². The monoisotopic (exact) mass is 310 g/mol. The summed E-state index contributed by atoms with van der Waals surface area (Å²) in [6, 6.07) is 6.54. The second kappa shape index (κ2) is 4.04. The molecule has 0 bridgehead atoms.